The summed E-state index contributed by atoms with van der Waals surface area (Å²) in [6.45, 7) is 0. The molecular weight excluding hydrogens is 324 g/mol. The van der Waals surface area contributed by atoms with Gasteiger partial charge in [-0.2, -0.15) is 0 Å². The number of methoxy groups -OCH3 is 1. The van der Waals surface area contributed by atoms with Crippen LogP contribution < -0.4 is 4.74 Å². The SMILES string of the molecule is COc1cc(CC(Cl)c2sccc2Br)ncn1. The number of aromatic nitrogens is 2. The molecule has 0 radical (unpaired) electrons. The molecule has 17 heavy (non-hydrogen) atoms. The molecule has 0 bridgehead atoms. The second-order valence-corrected chi connectivity index (χ2v) is 5.69. The Morgan fingerprint density at radius 2 is 2.35 bits per heavy atom. The lowest BCUT2D eigenvalue weighted by Gasteiger charge is -2.08. The Bertz CT molecular complexity index is 506. The highest BCUT2D eigenvalue weighted by atomic mass is 79.9. The highest BCUT2D eigenvalue weighted by Gasteiger charge is 2.14. The fourth-order valence-corrected chi connectivity index (χ4v) is 3.59. The lowest BCUT2D eigenvalue weighted by molar-refractivity contribution is 0.396. The zero-order chi connectivity index (χ0) is 12.3. The van der Waals surface area contributed by atoms with E-state index in [9.17, 15) is 0 Å². The van der Waals surface area contributed by atoms with Gasteiger partial charge in [0.2, 0.25) is 5.88 Å². The van der Waals surface area contributed by atoms with E-state index in [-0.39, 0.29) is 5.38 Å². The number of hydrogen-bond acceptors (Lipinski definition) is 4. The van der Waals surface area contributed by atoms with Crippen LogP contribution in [0.15, 0.2) is 28.3 Å². The first-order chi connectivity index (χ1) is 8.20. The molecule has 0 aliphatic heterocycles. The maximum absolute atomic E-state index is 6.36. The summed E-state index contributed by atoms with van der Waals surface area (Å²) in [5.41, 5.74) is 0.872. The van der Waals surface area contributed by atoms with Gasteiger partial charge in [-0.15, -0.1) is 22.9 Å². The summed E-state index contributed by atoms with van der Waals surface area (Å²) in [7, 11) is 1.58. The van der Waals surface area contributed by atoms with Crippen LogP contribution in [0.4, 0.5) is 0 Å². The molecule has 2 heterocycles. The number of alkyl halides is 1. The van der Waals surface area contributed by atoms with Gasteiger partial charge in [0.1, 0.15) is 6.33 Å². The van der Waals surface area contributed by atoms with Gasteiger partial charge in [-0.25, -0.2) is 9.97 Å². The van der Waals surface area contributed by atoms with Crippen LogP contribution >= 0.6 is 38.9 Å². The van der Waals surface area contributed by atoms with Crippen molar-refractivity contribution in [3.05, 3.63) is 38.9 Å². The van der Waals surface area contributed by atoms with Crippen LogP contribution in [-0.4, -0.2) is 17.1 Å². The van der Waals surface area contributed by atoms with Crippen molar-refractivity contribution in [3.63, 3.8) is 0 Å². The monoisotopic (exact) mass is 332 g/mol. The Kier molecular flexibility index (Phi) is 4.36. The highest BCUT2D eigenvalue weighted by molar-refractivity contribution is 9.10. The molecule has 2 aromatic heterocycles. The zero-order valence-corrected chi connectivity index (χ0v) is 12.2. The van der Waals surface area contributed by atoms with Crippen LogP contribution in [0.25, 0.3) is 0 Å². The molecule has 0 aromatic carbocycles. The van der Waals surface area contributed by atoms with Crippen LogP contribution in [0.3, 0.4) is 0 Å². The first kappa shape index (κ1) is 12.8. The fraction of sp³-hybridized carbons (Fsp3) is 0.273. The highest BCUT2D eigenvalue weighted by Crippen LogP contribution is 2.34. The van der Waals surface area contributed by atoms with E-state index in [1.54, 1.807) is 24.5 Å². The molecular formula is C11H10BrClN2OS. The van der Waals surface area contributed by atoms with E-state index >= 15 is 0 Å². The van der Waals surface area contributed by atoms with Gasteiger partial charge in [0.05, 0.1) is 12.5 Å². The molecule has 2 aromatic rings. The number of halogens is 2. The molecule has 0 saturated heterocycles. The van der Waals surface area contributed by atoms with Crippen molar-refractivity contribution >= 4 is 38.9 Å². The molecule has 0 spiro atoms. The standard InChI is InChI=1S/C11H10BrClN2OS/c1-16-10-5-7(14-6-15-10)4-9(13)11-8(12)2-3-17-11/h2-3,5-6,9H,4H2,1H3. The predicted octanol–water partition coefficient (Wildman–Crippen LogP) is 3.83. The van der Waals surface area contributed by atoms with Crippen molar-refractivity contribution in [2.45, 2.75) is 11.8 Å². The van der Waals surface area contributed by atoms with E-state index in [1.807, 2.05) is 11.4 Å². The largest absolute Gasteiger partial charge is 0.481 e. The molecule has 0 aliphatic rings. The minimum absolute atomic E-state index is 0.0935. The van der Waals surface area contributed by atoms with Crippen molar-refractivity contribution in [2.24, 2.45) is 0 Å². The third-order valence-corrected chi connectivity index (χ3v) is 4.71. The van der Waals surface area contributed by atoms with Gasteiger partial charge < -0.3 is 4.74 Å². The maximum Gasteiger partial charge on any atom is 0.216 e. The summed E-state index contributed by atoms with van der Waals surface area (Å²) >= 11 is 11.5. The fourth-order valence-electron chi connectivity index (χ4n) is 1.41. The number of hydrogen-bond donors (Lipinski definition) is 0. The van der Waals surface area contributed by atoms with E-state index in [2.05, 4.69) is 25.9 Å². The minimum atomic E-state index is -0.0935. The lowest BCUT2D eigenvalue weighted by Crippen LogP contribution is -1.99. The van der Waals surface area contributed by atoms with Crippen molar-refractivity contribution in [3.8, 4) is 5.88 Å². The first-order valence-corrected chi connectivity index (χ1v) is 7.03. The van der Waals surface area contributed by atoms with Crippen LogP contribution in [0.2, 0.25) is 0 Å². The van der Waals surface area contributed by atoms with Crippen molar-refractivity contribution < 1.29 is 4.74 Å². The molecule has 2 rings (SSSR count). The van der Waals surface area contributed by atoms with Gasteiger partial charge >= 0.3 is 0 Å². The van der Waals surface area contributed by atoms with E-state index in [1.165, 1.54) is 6.33 Å². The Hall–Kier alpha value is -0.650. The summed E-state index contributed by atoms with van der Waals surface area (Å²) in [4.78, 5) is 9.26. The zero-order valence-electron chi connectivity index (χ0n) is 9.06. The number of ether oxygens (including phenoxy) is 1. The second kappa shape index (κ2) is 5.80. The van der Waals surface area contributed by atoms with Gasteiger partial charge in [-0.1, -0.05) is 0 Å². The summed E-state index contributed by atoms with van der Waals surface area (Å²) in [6, 6.07) is 3.80. The molecule has 0 N–H and O–H groups in total. The van der Waals surface area contributed by atoms with Crippen molar-refractivity contribution in [1.82, 2.24) is 9.97 Å². The van der Waals surface area contributed by atoms with Gasteiger partial charge in [0.15, 0.2) is 0 Å². The minimum Gasteiger partial charge on any atom is -0.481 e. The third kappa shape index (κ3) is 3.18. The van der Waals surface area contributed by atoms with Gasteiger partial charge in [0, 0.05) is 27.5 Å². The van der Waals surface area contributed by atoms with Gasteiger partial charge in [-0.05, 0) is 27.4 Å². The third-order valence-electron chi connectivity index (χ3n) is 2.23. The average Bonchev–Trinajstić information content (AvgIpc) is 2.76. The molecule has 0 fully saturated rings. The van der Waals surface area contributed by atoms with Crippen molar-refractivity contribution in [1.29, 1.82) is 0 Å². The summed E-state index contributed by atoms with van der Waals surface area (Å²) in [5, 5.41) is 1.92. The van der Waals surface area contributed by atoms with Crippen molar-refractivity contribution in [2.75, 3.05) is 7.11 Å². The molecule has 90 valence electrons. The van der Waals surface area contributed by atoms with E-state index < -0.39 is 0 Å². The Morgan fingerprint density at radius 1 is 1.53 bits per heavy atom. The van der Waals surface area contributed by atoms with Gasteiger partial charge in [-0.3, -0.25) is 0 Å². The summed E-state index contributed by atoms with van der Waals surface area (Å²) in [6.07, 6.45) is 2.14. The Morgan fingerprint density at radius 3 is 3.00 bits per heavy atom. The molecule has 0 aliphatic carbocycles. The molecule has 6 heteroatoms. The smallest absolute Gasteiger partial charge is 0.216 e. The summed E-state index contributed by atoms with van der Waals surface area (Å²) in [5.74, 6) is 0.559. The van der Waals surface area contributed by atoms with Crippen LogP contribution in [0.5, 0.6) is 5.88 Å². The van der Waals surface area contributed by atoms with E-state index in [0.29, 0.717) is 12.3 Å². The summed E-state index contributed by atoms with van der Waals surface area (Å²) < 4.78 is 6.09. The van der Waals surface area contributed by atoms with Crippen LogP contribution in [-0.2, 0) is 6.42 Å². The second-order valence-electron chi connectivity index (χ2n) is 3.36. The lowest BCUT2D eigenvalue weighted by atomic mass is 10.2. The van der Waals surface area contributed by atoms with Crippen LogP contribution in [0, 0.1) is 0 Å². The number of thiophene rings is 1. The van der Waals surface area contributed by atoms with E-state index in [0.717, 1.165) is 15.0 Å². The first-order valence-electron chi connectivity index (χ1n) is 4.92. The Labute approximate surface area is 117 Å². The number of nitrogens with zero attached hydrogens (tertiary/aromatic N) is 2. The predicted molar refractivity (Wildman–Crippen MR) is 72.9 cm³/mol. The maximum atomic E-state index is 6.36. The quantitative estimate of drug-likeness (QED) is 0.798. The molecule has 0 amide bonds. The molecule has 3 nitrogen and oxygen atoms in total. The average molecular weight is 334 g/mol. The van der Waals surface area contributed by atoms with Gasteiger partial charge in [0.25, 0.3) is 0 Å². The molecule has 1 unspecified atom stereocenters. The van der Waals surface area contributed by atoms with Crippen LogP contribution in [0.1, 0.15) is 15.9 Å². The molecule has 0 saturated carbocycles. The van der Waals surface area contributed by atoms with E-state index in [4.69, 9.17) is 16.3 Å². The Balaban J connectivity index is 2.13. The normalized spacial score (nSPS) is 12.4. The molecule has 1 atom stereocenters. The topological polar surface area (TPSA) is 35.0 Å². The number of rotatable bonds is 4.